The molecular formula is C9H12BFO3. The van der Waals surface area contributed by atoms with Crippen LogP contribution in [-0.4, -0.2) is 23.8 Å². The van der Waals surface area contributed by atoms with E-state index in [9.17, 15) is 4.39 Å². The van der Waals surface area contributed by atoms with E-state index in [4.69, 9.17) is 14.8 Å². The van der Waals surface area contributed by atoms with Crippen LogP contribution in [0.3, 0.4) is 0 Å². The van der Waals surface area contributed by atoms with Crippen LogP contribution in [0.4, 0.5) is 4.39 Å². The van der Waals surface area contributed by atoms with Crippen molar-refractivity contribution in [3.8, 4) is 5.75 Å². The van der Waals surface area contributed by atoms with E-state index >= 15 is 0 Å². The fourth-order valence-corrected chi connectivity index (χ4v) is 1.17. The number of hydrogen-bond donors (Lipinski definition) is 2. The molecule has 0 saturated heterocycles. The molecule has 14 heavy (non-hydrogen) atoms. The van der Waals surface area contributed by atoms with Crippen molar-refractivity contribution >= 4 is 12.6 Å². The topological polar surface area (TPSA) is 49.7 Å². The van der Waals surface area contributed by atoms with Gasteiger partial charge in [-0.2, -0.15) is 0 Å². The lowest BCUT2D eigenvalue weighted by atomic mass is 9.79. The van der Waals surface area contributed by atoms with Crippen molar-refractivity contribution in [1.29, 1.82) is 0 Å². The fraction of sp³-hybridized carbons (Fsp3) is 0.333. The van der Waals surface area contributed by atoms with Crippen molar-refractivity contribution in [3.05, 3.63) is 23.5 Å². The van der Waals surface area contributed by atoms with Gasteiger partial charge in [0.05, 0.1) is 6.61 Å². The first-order valence-electron chi connectivity index (χ1n) is 4.35. The lowest BCUT2D eigenvalue weighted by Gasteiger charge is -2.09. The van der Waals surface area contributed by atoms with E-state index in [1.165, 1.54) is 12.1 Å². The highest BCUT2D eigenvalue weighted by Crippen LogP contribution is 2.18. The van der Waals surface area contributed by atoms with Crippen LogP contribution in [0.15, 0.2) is 12.1 Å². The molecule has 0 saturated carbocycles. The van der Waals surface area contributed by atoms with Crippen LogP contribution < -0.4 is 10.2 Å². The van der Waals surface area contributed by atoms with E-state index in [1.54, 1.807) is 13.8 Å². The van der Waals surface area contributed by atoms with Gasteiger partial charge >= 0.3 is 7.12 Å². The first-order chi connectivity index (χ1) is 6.56. The van der Waals surface area contributed by atoms with Crippen molar-refractivity contribution in [2.24, 2.45) is 0 Å². The Balaban J connectivity index is 3.14. The Morgan fingerprint density at radius 2 is 2.07 bits per heavy atom. The first-order valence-corrected chi connectivity index (χ1v) is 4.35. The molecule has 5 heteroatoms. The van der Waals surface area contributed by atoms with E-state index in [-0.39, 0.29) is 11.2 Å². The predicted molar refractivity (Wildman–Crippen MR) is 52.1 cm³/mol. The third-order valence-corrected chi connectivity index (χ3v) is 1.84. The molecule has 0 aliphatic rings. The van der Waals surface area contributed by atoms with Crippen LogP contribution in [0.2, 0.25) is 0 Å². The second-order valence-electron chi connectivity index (χ2n) is 2.96. The van der Waals surface area contributed by atoms with Crippen molar-refractivity contribution in [1.82, 2.24) is 0 Å². The zero-order valence-corrected chi connectivity index (χ0v) is 8.12. The van der Waals surface area contributed by atoms with Gasteiger partial charge in [-0.3, -0.25) is 0 Å². The quantitative estimate of drug-likeness (QED) is 0.682. The Morgan fingerprint density at radius 1 is 1.43 bits per heavy atom. The molecule has 1 aromatic rings. The zero-order chi connectivity index (χ0) is 10.7. The van der Waals surface area contributed by atoms with Gasteiger partial charge in [0, 0.05) is 0 Å². The highest BCUT2D eigenvalue weighted by Gasteiger charge is 2.16. The minimum atomic E-state index is -1.60. The molecule has 0 aliphatic carbocycles. The van der Waals surface area contributed by atoms with Gasteiger partial charge in [-0.15, -0.1) is 0 Å². The summed E-state index contributed by atoms with van der Waals surface area (Å²) in [5, 5.41) is 17.8. The van der Waals surface area contributed by atoms with E-state index < -0.39 is 12.9 Å². The van der Waals surface area contributed by atoms with Gasteiger partial charge in [0.25, 0.3) is 0 Å². The lowest BCUT2D eigenvalue weighted by Crippen LogP contribution is -2.30. The minimum Gasteiger partial charge on any atom is -0.491 e. The molecule has 0 bridgehead atoms. The SMILES string of the molecule is CCOc1cc(B(O)O)cc(C)c1F. The maximum Gasteiger partial charge on any atom is 0.488 e. The summed E-state index contributed by atoms with van der Waals surface area (Å²) in [6.07, 6.45) is 0. The second kappa shape index (κ2) is 4.44. The molecule has 0 aromatic heterocycles. The summed E-state index contributed by atoms with van der Waals surface area (Å²) < 4.78 is 18.4. The average Bonchev–Trinajstić information content (AvgIpc) is 2.12. The molecule has 0 spiro atoms. The fourth-order valence-electron chi connectivity index (χ4n) is 1.17. The van der Waals surface area contributed by atoms with Crippen LogP contribution in [0, 0.1) is 12.7 Å². The standard InChI is InChI=1S/C9H12BFO3/c1-3-14-8-5-7(10(12)13)4-6(2)9(8)11/h4-5,12-13H,3H2,1-2H3. The van der Waals surface area contributed by atoms with Crippen molar-refractivity contribution in [2.75, 3.05) is 6.61 Å². The Kier molecular flexibility index (Phi) is 3.49. The molecule has 0 atom stereocenters. The molecule has 0 radical (unpaired) electrons. The number of ether oxygens (including phenoxy) is 1. The highest BCUT2D eigenvalue weighted by molar-refractivity contribution is 6.58. The number of rotatable bonds is 3. The maximum atomic E-state index is 13.3. The zero-order valence-electron chi connectivity index (χ0n) is 8.12. The summed E-state index contributed by atoms with van der Waals surface area (Å²) in [6.45, 7) is 3.61. The van der Waals surface area contributed by atoms with E-state index in [2.05, 4.69) is 0 Å². The Bertz CT molecular complexity index is 328. The van der Waals surface area contributed by atoms with Crippen molar-refractivity contribution in [3.63, 3.8) is 0 Å². The van der Waals surface area contributed by atoms with Gasteiger partial charge in [0.1, 0.15) is 0 Å². The Morgan fingerprint density at radius 3 is 2.57 bits per heavy atom. The maximum absolute atomic E-state index is 13.3. The van der Waals surface area contributed by atoms with E-state index in [1.807, 2.05) is 0 Å². The lowest BCUT2D eigenvalue weighted by molar-refractivity contribution is 0.320. The largest absolute Gasteiger partial charge is 0.491 e. The van der Waals surface area contributed by atoms with Gasteiger partial charge in [-0.05, 0) is 30.9 Å². The minimum absolute atomic E-state index is 0.0515. The average molecular weight is 198 g/mol. The number of aryl methyl sites for hydroxylation is 1. The molecule has 0 heterocycles. The third kappa shape index (κ3) is 2.24. The number of hydrogen-bond acceptors (Lipinski definition) is 3. The Labute approximate surface area is 82.3 Å². The summed E-state index contributed by atoms with van der Waals surface area (Å²) in [6, 6.07) is 2.67. The van der Waals surface area contributed by atoms with Gasteiger partial charge in [0.2, 0.25) is 0 Å². The van der Waals surface area contributed by atoms with Crippen molar-refractivity contribution < 1.29 is 19.2 Å². The summed E-state index contributed by atoms with van der Waals surface area (Å²) >= 11 is 0. The van der Waals surface area contributed by atoms with Gasteiger partial charge in [0.15, 0.2) is 11.6 Å². The van der Waals surface area contributed by atoms with Crippen LogP contribution in [0.5, 0.6) is 5.75 Å². The monoisotopic (exact) mass is 198 g/mol. The van der Waals surface area contributed by atoms with Crippen molar-refractivity contribution in [2.45, 2.75) is 13.8 Å². The molecule has 1 rings (SSSR count). The number of benzene rings is 1. The van der Waals surface area contributed by atoms with Crippen LogP contribution in [0.25, 0.3) is 0 Å². The van der Waals surface area contributed by atoms with Crippen LogP contribution >= 0.6 is 0 Å². The van der Waals surface area contributed by atoms with Gasteiger partial charge in [-0.1, -0.05) is 6.07 Å². The summed E-state index contributed by atoms with van der Waals surface area (Å²) in [5.41, 5.74) is 0.561. The highest BCUT2D eigenvalue weighted by atomic mass is 19.1. The molecule has 0 aliphatic heterocycles. The smallest absolute Gasteiger partial charge is 0.488 e. The molecule has 76 valence electrons. The van der Waals surface area contributed by atoms with Crippen LogP contribution in [-0.2, 0) is 0 Å². The third-order valence-electron chi connectivity index (χ3n) is 1.84. The van der Waals surface area contributed by atoms with Gasteiger partial charge < -0.3 is 14.8 Å². The molecule has 0 fully saturated rings. The molecule has 0 amide bonds. The number of halogens is 1. The first kappa shape index (κ1) is 11.0. The van der Waals surface area contributed by atoms with Crippen LogP contribution in [0.1, 0.15) is 12.5 Å². The molecule has 3 nitrogen and oxygen atoms in total. The second-order valence-corrected chi connectivity index (χ2v) is 2.96. The van der Waals surface area contributed by atoms with E-state index in [0.717, 1.165) is 0 Å². The summed E-state index contributed by atoms with van der Waals surface area (Å²) in [4.78, 5) is 0. The molecule has 0 unspecified atom stereocenters. The van der Waals surface area contributed by atoms with E-state index in [0.29, 0.717) is 12.2 Å². The molecule has 1 aromatic carbocycles. The van der Waals surface area contributed by atoms with Gasteiger partial charge in [-0.25, -0.2) is 4.39 Å². The normalized spacial score (nSPS) is 10.1. The summed E-state index contributed by atoms with van der Waals surface area (Å²) in [5.74, 6) is -0.410. The summed E-state index contributed by atoms with van der Waals surface area (Å²) in [7, 11) is -1.60. The Hall–Kier alpha value is -1.07. The predicted octanol–water partition coefficient (Wildman–Crippen LogP) is 0.213. The molecule has 2 N–H and O–H groups in total. The molecular weight excluding hydrogens is 186 g/mol.